The molecule has 0 saturated carbocycles. The number of non-ortho nitro benzene ring substituents is 1. The molecular weight excluding hydrogens is 414 g/mol. The van der Waals surface area contributed by atoms with Crippen LogP contribution >= 0.6 is 0 Å². The molecule has 1 heterocycles. The molecule has 0 bridgehead atoms. The van der Waals surface area contributed by atoms with Crippen molar-refractivity contribution < 1.29 is 24.0 Å². The van der Waals surface area contributed by atoms with Gasteiger partial charge in [-0.2, -0.15) is 0 Å². The summed E-state index contributed by atoms with van der Waals surface area (Å²) in [6.07, 6.45) is 0. The Morgan fingerprint density at radius 3 is 2.59 bits per heavy atom. The number of hydrogen-bond acceptors (Lipinski definition) is 7. The van der Waals surface area contributed by atoms with Crippen LogP contribution in [0.25, 0.3) is 0 Å². The Bertz CT molecular complexity index is 1010. The van der Waals surface area contributed by atoms with E-state index in [1.54, 1.807) is 0 Å². The predicted octanol–water partition coefficient (Wildman–Crippen LogP) is 3.66. The maximum atomic E-state index is 12.8. The van der Waals surface area contributed by atoms with Crippen molar-refractivity contribution in [2.24, 2.45) is 0 Å². The number of nitrogens with zero attached hydrogens (tertiary/aromatic N) is 2. The first-order chi connectivity index (χ1) is 15.3. The number of rotatable bonds is 7. The maximum absolute atomic E-state index is 12.8. The maximum Gasteiger partial charge on any atom is 0.341 e. The first-order valence-electron chi connectivity index (χ1n) is 10.5. The van der Waals surface area contributed by atoms with E-state index in [1.165, 1.54) is 18.2 Å². The number of hydrogen-bond donors (Lipinski definition) is 1. The zero-order valence-corrected chi connectivity index (χ0v) is 18.4. The molecular formula is C23H27N3O6. The molecule has 0 unspecified atom stereocenters. The molecule has 0 aromatic heterocycles. The van der Waals surface area contributed by atoms with E-state index in [4.69, 9.17) is 9.47 Å². The van der Waals surface area contributed by atoms with Gasteiger partial charge in [-0.1, -0.05) is 32.0 Å². The van der Waals surface area contributed by atoms with E-state index in [0.717, 1.165) is 11.1 Å². The quantitative estimate of drug-likeness (QED) is 0.396. The number of nitro groups is 1. The summed E-state index contributed by atoms with van der Waals surface area (Å²) in [6.45, 7) is 7.51. The second kappa shape index (κ2) is 10.2. The Labute approximate surface area is 186 Å². The second-order valence-electron chi connectivity index (χ2n) is 7.88. The van der Waals surface area contributed by atoms with Crippen LogP contribution in [0.5, 0.6) is 0 Å². The summed E-state index contributed by atoms with van der Waals surface area (Å²) in [4.78, 5) is 37.9. The second-order valence-corrected chi connectivity index (χ2v) is 7.88. The number of carbonyl (C=O) groups is 2. The van der Waals surface area contributed by atoms with Crippen LogP contribution in [0, 0.1) is 17.0 Å². The van der Waals surface area contributed by atoms with Crippen molar-refractivity contribution in [3.05, 3.63) is 63.2 Å². The lowest BCUT2D eigenvalue weighted by molar-refractivity contribution is -0.384. The van der Waals surface area contributed by atoms with Gasteiger partial charge in [-0.25, -0.2) is 4.79 Å². The highest BCUT2D eigenvalue weighted by Gasteiger charge is 2.24. The summed E-state index contributed by atoms with van der Waals surface area (Å²) in [5.74, 6) is -1.07. The largest absolute Gasteiger partial charge is 0.452 e. The highest BCUT2D eigenvalue weighted by molar-refractivity contribution is 5.99. The zero-order valence-electron chi connectivity index (χ0n) is 18.4. The number of nitro benzene ring substituents is 1. The lowest BCUT2D eigenvalue weighted by atomic mass is 9.98. The molecule has 1 aliphatic rings. The number of amides is 1. The predicted molar refractivity (Wildman–Crippen MR) is 120 cm³/mol. The summed E-state index contributed by atoms with van der Waals surface area (Å²) in [5, 5.41) is 14.0. The lowest BCUT2D eigenvalue weighted by Crippen LogP contribution is -2.37. The van der Waals surface area contributed by atoms with E-state index < -0.39 is 23.4 Å². The van der Waals surface area contributed by atoms with Gasteiger partial charge >= 0.3 is 5.97 Å². The van der Waals surface area contributed by atoms with E-state index in [9.17, 15) is 19.7 Å². The smallest absolute Gasteiger partial charge is 0.341 e. The van der Waals surface area contributed by atoms with Crippen LogP contribution in [0.2, 0.25) is 0 Å². The molecule has 1 N–H and O–H groups in total. The Balaban J connectivity index is 1.75. The van der Waals surface area contributed by atoms with Crippen LogP contribution in [0.15, 0.2) is 36.4 Å². The van der Waals surface area contributed by atoms with Crippen molar-refractivity contribution in [1.82, 2.24) is 0 Å². The third-order valence-electron chi connectivity index (χ3n) is 5.29. The first kappa shape index (κ1) is 23.2. The van der Waals surface area contributed by atoms with Crippen molar-refractivity contribution in [2.45, 2.75) is 26.7 Å². The molecule has 9 nitrogen and oxygen atoms in total. The fraction of sp³-hybridized carbons (Fsp3) is 0.391. The van der Waals surface area contributed by atoms with Gasteiger partial charge in [0, 0.05) is 30.9 Å². The third-order valence-corrected chi connectivity index (χ3v) is 5.29. The van der Waals surface area contributed by atoms with E-state index in [-0.39, 0.29) is 17.2 Å². The molecule has 3 rings (SSSR count). The number of esters is 1. The van der Waals surface area contributed by atoms with Gasteiger partial charge in [-0.15, -0.1) is 0 Å². The normalized spacial score (nSPS) is 13.7. The van der Waals surface area contributed by atoms with Crippen LogP contribution in [0.4, 0.5) is 17.1 Å². The van der Waals surface area contributed by atoms with E-state index in [0.29, 0.717) is 37.7 Å². The van der Waals surface area contributed by atoms with Crippen molar-refractivity contribution in [1.29, 1.82) is 0 Å². The van der Waals surface area contributed by atoms with Gasteiger partial charge in [0.2, 0.25) is 0 Å². The minimum Gasteiger partial charge on any atom is -0.452 e. The zero-order chi connectivity index (χ0) is 23.3. The molecule has 9 heteroatoms. The highest BCUT2D eigenvalue weighted by Crippen LogP contribution is 2.28. The van der Waals surface area contributed by atoms with Gasteiger partial charge in [0.1, 0.15) is 0 Å². The molecule has 0 atom stereocenters. The Kier molecular flexibility index (Phi) is 7.42. The van der Waals surface area contributed by atoms with Crippen LogP contribution in [0.3, 0.4) is 0 Å². The van der Waals surface area contributed by atoms with Crippen molar-refractivity contribution in [3.63, 3.8) is 0 Å². The SMILES string of the molecule is Cc1cccc(C(C)C)c1NC(=O)COC(=O)c1cc([N+](=O)[O-])ccc1N1CCOCC1. The summed E-state index contributed by atoms with van der Waals surface area (Å²) in [7, 11) is 0. The van der Waals surface area contributed by atoms with Crippen molar-refractivity contribution in [2.75, 3.05) is 43.1 Å². The van der Waals surface area contributed by atoms with E-state index in [1.807, 2.05) is 43.9 Å². The molecule has 2 aromatic rings. The minimum absolute atomic E-state index is 0.0488. The third kappa shape index (κ3) is 5.42. The molecule has 0 spiro atoms. The summed E-state index contributed by atoms with van der Waals surface area (Å²) < 4.78 is 10.6. The highest BCUT2D eigenvalue weighted by atomic mass is 16.6. The average molecular weight is 441 g/mol. The molecule has 2 aromatic carbocycles. The van der Waals surface area contributed by atoms with Crippen molar-refractivity contribution in [3.8, 4) is 0 Å². The van der Waals surface area contributed by atoms with Gasteiger partial charge in [0.25, 0.3) is 11.6 Å². The molecule has 1 saturated heterocycles. The van der Waals surface area contributed by atoms with Gasteiger partial charge in [0.05, 0.1) is 29.4 Å². The van der Waals surface area contributed by atoms with E-state index in [2.05, 4.69) is 5.32 Å². The summed E-state index contributed by atoms with van der Waals surface area (Å²) >= 11 is 0. The monoisotopic (exact) mass is 441 g/mol. The summed E-state index contributed by atoms with van der Waals surface area (Å²) in [6, 6.07) is 9.82. The molecule has 1 amide bonds. The first-order valence-corrected chi connectivity index (χ1v) is 10.5. The molecule has 0 aliphatic carbocycles. The number of nitrogens with one attached hydrogen (secondary N) is 1. The number of carbonyl (C=O) groups excluding carboxylic acids is 2. The molecule has 32 heavy (non-hydrogen) atoms. The van der Waals surface area contributed by atoms with Crippen LogP contribution in [-0.2, 0) is 14.3 Å². The van der Waals surface area contributed by atoms with Crippen LogP contribution in [0.1, 0.15) is 41.3 Å². The Morgan fingerprint density at radius 1 is 1.22 bits per heavy atom. The van der Waals surface area contributed by atoms with Gasteiger partial charge in [-0.05, 0) is 30.0 Å². The minimum atomic E-state index is -0.792. The Morgan fingerprint density at radius 2 is 1.94 bits per heavy atom. The van der Waals surface area contributed by atoms with Gasteiger partial charge < -0.3 is 19.7 Å². The number of morpholine rings is 1. The fourth-order valence-electron chi connectivity index (χ4n) is 3.61. The molecule has 1 fully saturated rings. The number of anilines is 2. The lowest BCUT2D eigenvalue weighted by Gasteiger charge is -2.30. The Hall–Kier alpha value is -3.46. The standard InChI is InChI=1S/C23H27N3O6/c1-15(2)18-6-4-5-16(3)22(18)24-21(27)14-32-23(28)19-13-17(26(29)30)7-8-20(19)25-9-11-31-12-10-25/h4-8,13,15H,9-12,14H2,1-3H3,(H,24,27). The topological polar surface area (TPSA) is 111 Å². The molecule has 0 radical (unpaired) electrons. The summed E-state index contributed by atoms with van der Waals surface area (Å²) in [5.41, 5.74) is 2.94. The average Bonchev–Trinajstić information content (AvgIpc) is 2.78. The van der Waals surface area contributed by atoms with E-state index >= 15 is 0 Å². The molecule has 1 aliphatic heterocycles. The number of ether oxygens (including phenoxy) is 2. The van der Waals surface area contributed by atoms with Gasteiger partial charge in [-0.3, -0.25) is 14.9 Å². The van der Waals surface area contributed by atoms with Crippen molar-refractivity contribution >= 4 is 28.9 Å². The van der Waals surface area contributed by atoms with Crippen LogP contribution in [-0.4, -0.2) is 49.7 Å². The number of benzene rings is 2. The number of aryl methyl sites for hydroxylation is 1. The van der Waals surface area contributed by atoms with Gasteiger partial charge in [0.15, 0.2) is 6.61 Å². The fourth-order valence-corrected chi connectivity index (χ4v) is 3.61. The molecule has 170 valence electrons. The van der Waals surface area contributed by atoms with Crippen LogP contribution < -0.4 is 10.2 Å². The number of para-hydroxylation sites is 1.